The van der Waals surface area contributed by atoms with Gasteiger partial charge in [-0.2, -0.15) is 0 Å². The second-order valence-corrected chi connectivity index (χ2v) is 6.51. The van der Waals surface area contributed by atoms with Gasteiger partial charge in [-0.1, -0.05) is 18.2 Å². The number of nitrogens with one attached hydrogen (secondary N) is 1. The molecule has 1 aliphatic rings. The molecule has 26 heavy (non-hydrogen) atoms. The van der Waals surface area contributed by atoms with Crippen LogP contribution in [0.1, 0.15) is 19.4 Å². The minimum Gasteiger partial charge on any atom is -0.489 e. The van der Waals surface area contributed by atoms with Crippen LogP contribution in [0, 0.1) is 6.92 Å². The van der Waals surface area contributed by atoms with Gasteiger partial charge in [-0.15, -0.1) is 0 Å². The van der Waals surface area contributed by atoms with Gasteiger partial charge in [-0.05, 0) is 50.6 Å². The van der Waals surface area contributed by atoms with Crippen molar-refractivity contribution in [3.8, 4) is 11.5 Å². The van der Waals surface area contributed by atoms with Crippen LogP contribution in [-0.2, 0) is 9.59 Å². The highest BCUT2D eigenvalue weighted by atomic mass is 16.5. The van der Waals surface area contributed by atoms with Gasteiger partial charge in [0.05, 0.1) is 24.0 Å². The molecule has 6 heteroatoms. The summed E-state index contributed by atoms with van der Waals surface area (Å²) in [6, 6.07) is 12.9. The van der Waals surface area contributed by atoms with E-state index in [1.807, 2.05) is 51.1 Å². The van der Waals surface area contributed by atoms with E-state index in [1.165, 1.54) is 0 Å². The fraction of sp³-hybridized carbons (Fsp3) is 0.300. The van der Waals surface area contributed by atoms with Crippen molar-refractivity contribution in [2.24, 2.45) is 0 Å². The number of amides is 1. The Morgan fingerprint density at radius 1 is 1.27 bits per heavy atom. The highest BCUT2D eigenvalue weighted by Gasteiger charge is 2.26. The van der Waals surface area contributed by atoms with E-state index in [2.05, 4.69) is 5.32 Å². The number of nitrogens with zero attached hydrogens (tertiary/aromatic N) is 1. The van der Waals surface area contributed by atoms with Crippen molar-refractivity contribution in [1.82, 2.24) is 0 Å². The summed E-state index contributed by atoms with van der Waals surface area (Å²) in [4.78, 5) is 26.1. The van der Waals surface area contributed by atoms with Gasteiger partial charge in [0, 0.05) is 0 Å². The molecule has 0 atom stereocenters. The predicted molar refractivity (Wildman–Crippen MR) is 99.9 cm³/mol. The monoisotopic (exact) mass is 354 g/mol. The molecule has 1 N–H and O–H groups in total. The summed E-state index contributed by atoms with van der Waals surface area (Å²) >= 11 is 0. The molecule has 2 aromatic carbocycles. The first-order chi connectivity index (χ1) is 12.4. The van der Waals surface area contributed by atoms with Crippen molar-refractivity contribution in [3.63, 3.8) is 0 Å². The highest BCUT2D eigenvalue weighted by Crippen LogP contribution is 2.32. The molecule has 2 aromatic rings. The molecule has 1 heterocycles. The first-order valence-corrected chi connectivity index (χ1v) is 8.54. The summed E-state index contributed by atoms with van der Waals surface area (Å²) in [6.07, 6.45) is 0.0000309. The number of hydrogen-bond acceptors (Lipinski definition) is 5. The molecule has 0 aromatic heterocycles. The van der Waals surface area contributed by atoms with E-state index < -0.39 is 0 Å². The van der Waals surface area contributed by atoms with Crippen LogP contribution in [0.15, 0.2) is 42.5 Å². The van der Waals surface area contributed by atoms with E-state index >= 15 is 0 Å². The highest BCUT2D eigenvalue weighted by molar-refractivity contribution is 5.97. The Hall–Kier alpha value is -3.02. The SMILES string of the molecule is Cc1ccc2c(c1)OC(=O)CN2CC(=O)Nc1ccccc1OC(C)C. The van der Waals surface area contributed by atoms with Crippen LogP contribution < -0.4 is 19.7 Å². The zero-order valence-corrected chi connectivity index (χ0v) is 15.1. The zero-order valence-electron chi connectivity index (χ0n) is 15.1. The first kappa shape index (κ1) is 17.8. The number of carbonyl (C=O) groups excluding carboxylic acids is 2. The summed E-state index contributed by atoms with van der Waals surface area (Å²) in [7, 11) is 0. The molecule has 0 spiro atoms. The Kier molecular flexibility index (Phi) is 5.11. The number of para-hydroxylation sites is 2. The summed E-state index contributed by atoms with van der Waals surface area (Å²) in [5, 5.41) is 2.86. The van der Waals surface area contributed by atoms with Gasteiger partial charge in [-0.25, -0.2) is 4.79 Å². The third-order valence-electron chi connectivity index (χ3n) is 3.86. The van der Waals surface area contributed by atoms with Gasteiger partial charge >= 0.3 is 5.97 Å². The summed E-state index contributed by atoms with van der Waals surface area (Å²) in [6.45, 7) is 5.86. The molecule has 0 radical (unpaired) electrons. The van der Waals surface area contributed by atoms with E-state index in [0.717, 1.165) is 11.3 Å². The number of ether oxygens (including phenoxy) is 2. The summed E-state index contributed by atoms with van der Waals surface area (Å²) < 4.78 is 11.0. The Morgan fingerprint density at radius 2 is 2.04 bits per heavy atom. The lowest BCUT2D eigenvalue weighted by Gasteiger charge is -2.29. The topological polar surface area (TPSA) is 67.9 Å². The molecule has 6 nitrogen and oxygen atoms in total. The van der Waals surface area contributed by atoms with Crippen LogP contribution in [0.4, 0.5) is 11.4 Å². The van der Waals surface area contributed by atoms with Crippen LogP contribution in [0.5, 0.6) is 11.5 Å². The van der Waals surface area contributed by atoms with Crippen LogP contribution in [0.3, 0.4) is 0 Å². The maximum absolute atomic E-state index is 12.5. The van der Waals surface area contributed by atoms with E-state index in [4.69, 9.17) is 9.47 Å². The molecule has 0 saturated heterocycles. The number of hydrogen-bond donors (Lipinski definition) is 1. The molecule has 0 unspecified atom stereocenters. The largest absolute Gasteiger partial charge is 0.489 e. The molecular weight excluding hydrogens is 332 g/mol. The number of anilines is 2. The quantitative estimate of drug-likeness (QED) is 0.660. The smallest absolute Gasteiger partial charge is 0.331 e. The molecule has 1 aliphatic heterocycles. The second kappa shape index (κ2) is 7.47. The molecule has 0 saturated carbocycles. The van der Waals surface area contributed by atoms with Crippen molar-refractivity contribution in [2.75, 3.05) is 23.3 Å². The summed E-state index contributed by atoms with van der Waals surface area (Å²) in [5.41, 5.74) is 2.33. The lowest BCUT2D eigenvalue weighted by atomic mass is 10.1. The third kappa shape index (κ3) is 4.14. The fourth-order valence-corrected chi connectivity index (χ4v) is 2.79. The van der Waals surface area contributed by atoms with Crippen LogP contribution in [0.2, 0.25) is 0 Å². The average molecular weight is 354 g/mol. The lowest BCUT2D eigenvalue weighted by molar-refractivity contribution is -0.133. The van der Waals surface area contributed by atoms with Crippen molar-refractivity contribution < 1.29 is 19.1 Å². The number of carbonyl (C=O) groups is 2. The molecule has 1 amide bonds. The van der Waals surface area contributed by atoms with Crippen molar-refractivity contribution in [1.29, 1.82) is 0 Å². The second-order valence-electron chi connectivity index (χ2n) is 6.51. The van der Waals surface area contributed by atoms with Crippen molar-refractivity contribution in [3.05, 3.63) is 48.0 Å². The van der Waals surface area contributed by atoms with Crippen molar-refractivity contribution in [2.45, 2.75) is 26.9 Å². The molecule has 0 bridgehead atoms. The van der Waals surface area contributed by atoms with E-state index in [1.54, 1.807) is 17.0 Å². The molecular formula is C20H22N2O4. The first-order valence-electron chi connectivity index (χ1n) is 8.54. The number of aryl methyl sites for hydroxylation is 1. The molecule has 0 fully saturated rings. The molecule has 136 valence electrons. The maximum Gasteiger partial charge on any atom is 0.331 e. The van der Waals surface area contributed by atoms with Gasteiger partial charge in [0.15, 0.2) is 5.75 Å². The molecule has 0 aliphatic carbocycles. The van der Waals surface area contributed by atoms with Gasteiger partial charge < -0.3 is 19.7 Å². The Balaban J connectivity index is 1.74. The molecule has 3 rings (SSSR count). The van der Waals surface area contributed by atoms with Crippen molar-refractivity contribution >= 4 is 23.3 Å². The van der Waals surface area contributed by atoms with Crippen LogP contribution in [0.25, 0.3) is 0 Å². The van der Waals surface area contributed by atoms with Gasteiger partial charge in [-0.3, -0.25) is 4.79 Å². The van der Waals surface area contributed by atoms with Gasteiger partial charge in [0.1, 0.15) is 12.3 Å². The Labute approximate surface area is 152 Å². The number of fused-ring (bicyclic) bond motifs is 1. The lowest BCUT2D eigenvalue weighted by Crippen LogP contribution is -2.41. The zero-order chi connectivity index (χ0) is 18.7. The average Bonchev–Trinajstić information content (AvgIpc) is 2.55. The minimum atomic E-state index is -0.376. The standard InChI is InChI=1S/C20H22N2O4/c1-13(2)25-17-7-5-4-6-15(17)21-19(23)11-22-12-20(24)26-18-10-14(3)8-9-16(18)22/h4-10,13H,11-12H2,1-3H3,(H,21,23). The fourth-order valence-electron chi connectivity index (χ4n) is 2.79. The third-order valence-corrected chi connectivity index (χ3v) is 3.86. The van der Waals surface area contributed by atoms with E-state index in [-0.39, 0.29) is 31.1 Å². The maximum atomic E-state index is 12.5. The predicted octanol–water partition coefficient (Wildman–Crippen LogP) is 3.15. The van der Waals surface area contributed by atoms with E-state index in [9.17, 15) is 9.59 Å². The van der Waals surface area contributed by atoms with Gasteiger partial charge in [0.25, 0.3) is 0 Å². The number of rotatable bonds is 5. The number of esters is 1. The Bertz CT molecular complexity index is 832. The minimum absolute atomic E-state index is 0.0000309. The normalized spacial score (nSPS) is 13.2. The van der Waals surface area contributed by atoms with E-state index in [0.29, 0.717) is 17.2 Å². The van der Waals surface area contributed by atoms with Crippen LogP contribution in [-0.4, -0.2) is 31.1 Å². The number of benzene rings is 2. The van der Waals surface area contributed by atoms with Crippen LogP contribution >= 0.6 is 0 Å². The van der Waals surface area contributed by atoms with Gasteiger partial charge in [0.2, 0.25) is 5.91 Å². The summed E-state index contributed by atoms with van der Waals surface area (Å²) in [5.74, 6) is 0.494. The Morgan fingerprint density at radius 3 is 2.81 bits per heavy atom.